The van der Waals surface area contributed by atoms with E-state index in [9.17, 15) is 0 Å². The first kappa shape index (κ1) is 12.2. The number of hydrogen-bond acceptors (Lipinski definition) is 2. The second kappa shape index (κ2) is 5.86. The van der Waals surface area contributed by atoms with Crippen molar-refractivity contribution in [3.63, 3.8) is 0 Å². The summed E-state index contributed by atoms with van der Waals surface area (Å²) < 4.78 is 0. The molecule has 1 nitrogen and oxygen atoms in total. The van der Waals surface area contributed by atoms with Crippen LogP contribution in [0.2, 0.25) is 10.0 Å². The van der Waals surface area contributed by atoms with E-state index in [0.717, 1.165) is 17.1 Å². The highest BCUT2D eigenvalue weighted by Gasteiger charge is 2.07. The van der Waals surface area contributed by atoms with Crippen LogP contribution in [0.25, 0.3) is 0 Å². The first-order valence-electron chi connectivity index (χ1n) is 4.43. The summed E-state index contributed by atoms with van der Waals surface area (Å²) in [6.45, 7) is 2.12. The first-order chi connectivity index (χ1) is 6.65. The van der Waals surface area contributed by atoms with E-state index in [1.165, 1.54) is 0 Å². The summed E-state index contributed by atoms with van der Waals surface area (Å²) >= 11 is 13.5. The van der Waals surface area contributed by atoms with Crippen LogP contribution in [0.1, 0.15) is 18.5 Å². The van der Waals surface area contributed by atoms with Gasteiger partial charge >= 0.3 is 0 Å². The number of hydrogen-bond donors (Lipinski definition) is 1. The van der Waals surface area contributed by atoms with Crippen LogP contribution in [0.15, 0.2) is 18.2 Å². The predicted molar refractivity (Wildman–Crippen MR) is 66.4 cm³/mol. The zero-order chi connectivity index (χ0) is 10.6. The Morgan fingerprint density at radius 1 is 1.36 bits per heavy atom. The Kier molecular flexibility index (Phi) is 5.10. The highest BCUT2D eigenvalue weighted by molar-refractivity contribution is 7.99. The Hall–Kier alpha value is 0.110. The van der Waals surface area contributed by atoms with E-state index in [4.69, 9.17) is 28.9 Å². The lowest BCUT2D eigenvalue weighted by Crippen LogP contribution is -2.13. The molecule has 4 heteroatoms. The molecule has 0 aliphatic rings. The lowest BCUT2D eigenvalue weighted by atomic mass is 10.1. The number of thioether (sulfide) groups is 1. The van der Waals surface area contributed by atoms with Crippen molar-refractivity contribution < 1.29 is 0 Å². The van der Waals surface area contributed by atoms with Gasteiger partial charge in [0.2, 0.25) is 0 Å². The van der Waals surface area contributed by atoms with Gasteiger partial charge in [0.1, 0.15) is 0 Å². The molecule has 1 atom stereocenters. The standard InChI is InChI=1S/C10H13Cl2NS/c1-2-14-6-10(13)7-3-4-8(11)9(12)5-7/h3-5,10H,2,6,13H2,1H3. The summed E-state index contributed by atoms with van der Waals surface area (Å²) in [5.74, 6) is 1.99. The third kappa shape index (κ3) is 3.35. The van der Waals surface area contributed by atoms with Gasteiger partial charge in [-0.15, -0.1) is 0 Å². The molecule has 0 bridgehead atoms. The maximum Gasteiger partial charge on any atom is 0.0595 e. The molecule has 0 saturated heterocycles. The molecule has 1 unspecified atom stereocenters. The molecular formula is C10H13Cl2NS. The normalized spacial score (nSPS) is 12.9. The van der Waals surface area contributed by atoms with Gasteiger partial charge in [0, 0.05) is 11.8 Å². The highest BCUT2D eigenvalue weighted by Crippen LogP contribution is 2.26. The molecule has 0 radical (unpaired) electrons. The molecule has 0 spiro atoms. The second-order valence-corrected chi connectivity index (χ2v) is 5.07. The molecule has 0 fully saturated rings. The van der Waals surface area contributed by atoms with E-state index in [1.54, 1.807) is 6.07 Å². The van der Waals surface area contributed by atoms with Crippen LogP contribution in [-0.4, -0.2) is 11.5 Å². The van der Waals surface area contributed by atoms with Crippen molar-refractivity contribution in [3.05, 3.63) is 33.8 Å². The fourth-order valence-corrected chi connectivity index (χ4v) is 2.07. The van der Waals surface area contributed by atoms with Gasteiger partial charge in [-0.2, -0.15) is 11.8 Å². The van der Waals surface area contributed by atoms with Crippen LogP contribution in [0.5, 0.6) is 0 Å². The van der Waals surface area contributed by atoms with E-state index in [-0.39, 0.29) is 6.04 Å². The number of benzene rings is 1. The van der Waals surface area contributed by atoms with Crippen LogP contribution in [0, 0.1) is 0 Å². The van der Waals surface area contributed by atoms with Crippen LogP contribution in [-0.2, 0) is 0 Å². The van der Waals surface area contributed by atoms with Crippen molar-refractivity contribution >= 4 is 35.0 Å². The lowest BCUT2D eigenvalue weighted by Gasteiger charge is -2.11. The molecule has 1 aromatic carbocycles. The van der Waals surface area contributed by atoms with E-state index in [0.29, 0.717) is 10.0 Å². The largest absolute Gasteiger partial charge is 0.323 e. The Morgan fingerprint density at radius 2 is 2.07 bits per heavy atom. The van der Waals surface area contributed by atoms with Crippen molar-refractivity contribution in [1.29, 1.82) is 0 Å². The fourth-order valence-electron chi connectivity index (χ4n) is 1.08. The van der Waals surface area contributed by atoms with E-state index < -0.39 is 0 Å². The lowest BCUT2D eigenvalue weighted by molar-refractivity contribution is 0.831. The minimum atomic E-state index is 0.0368. The van der Waals surface area contributed by atoms with E-state index in [2.05, 4.69) is 6.92 Å². The highest BCUT2D eigenvalue weighted by atomic mass is 35.5. The number of rotatable bonds is 4. The van der Waals surface area contributed by atoms with Crippen molar-refractivity contribution in [2.24, 2.45) is 5.73 Å². The van der Waals surface area contributed by atoms with Crippen LogP contribution < -0.4 is 5.73 Å². The zero-order valence-electron chi connectivity index (χ0n) is 7.97. The molecule has 1 rings (SSSR count). The van der Waals surface area contributed by atoms with Gasteiger partial charge in [0.05, 0.1) is 10.0 Å². The number of nitrogens with two attached hydrogens (primary N) is 1. The summed E-state index contributed by atoms with van der Waals surface area (Å²) in [6.07, 6.45) is 0. The van der Waals surface area contributed by atoms with Gasteiger partial charge < -0.3 is 5.73 Å². The minimum Gasteiger partial charge on any atom is -0.323 e. The predicted octanol–water partition coefficient (Wildman–Crippen LogP) is 3.75. The van der Waals surface area contributed by atoms with Crippen LogP contribution in [0.3, 0.4) is 0 Å². The molecule has 2 N–H and O–H groups in total. The van der Waals surface area contributed by atoms with E-state index >= 15 is 0 Å². The van der Waals surface area contributed by atoms with Crippen LogP contribution >= 0.6 is 35.0 Å². The summed E-state index contributed by atoms with van der Waals surface area (Å²) in [7, 11) is 0. The van der Waals surface area contributed by atoms with Gasteiger partial charge in [-0.25, -0.2) is 0 Å². The number of halogens is 2. The molecule has 78 valence electrons. The molecule has 0 aliphatic heterocycles. The van der Waals surface area contributed by atoms with E-state index in [1.807, 2.05) is 23.9 Å². The smallest absolute Gasteiger partial charge is 0.0595 e. The molecule has 0 aliphatic carbocycles. The maximum absolute atomic E-state index is 5.98. The molecule has 14 heavy (non-hydrogen) atoms. The third-order valence-electron chi connectivity index (χ3n) is 1.87. The van der Waals surface area contributed by atoms with Gasteiger partial charge in [-0.1, -0.05) is 36.2 Å². The van der Waals surface area contributed by atoms with Gasteiger partial charge in [-0.3, -0.25) is 0 Å². The molecule has 0 amide bonds. The summed E-state index contributed by atoms with van der Waals surface area (Å²) in [4.78, 5) is 0. The second-order valence-electron chi connectivity index (χ2n) is 2.94. The molecule has 0 heterocycles. The summed E-state index contributed by atoms with van der Waals surface area (Å²) in [6, 6.07) is 5.59. The van der Waals surface area contributed by atoms with Gasteiger partial charge in [0.15, 0.2) is 0 Å². The molecule has 0 saturated carbocycles. The Bertz CT molecular complexity index is 304. The summed E-state index contributed by atoms with van der Waals surface area (Å²) in [5.41, 5.74) is 7.02. The average Bonchev–Trinajstić information content (AvgIpc) is 2.18. The first-order valence-corrected chi connectivity index (χ1v) is 6.34. The van der Waals surface area contributed by atoms with Crippen molar-refractivity contribution in [1.82, 2.24) is 0 Å². The monoisotopic (exact) mass is 249 g/mol. The zero-order valence-corrected chi connectivity index (χ0v) is 10.3. The van der Waals surface area contributed by atoms with Gasteiger partial charge in [-0.05, 0) is 23.4 Å². The SMILES string of the molecule is CCSCC(N)c1ccc(Cl)c(Cl)c1. The van der Waals surface area contributed by atoms with Crippen molar-refractivity contribution in [2.75, 3.05) is 11.5 Å². The molecular weight excluding hydrogens is 237 g/mol. The fraction of sp³-hybridized carbons (Fsp3) is 0.400. The Balaban J connectivity index is 2.70. The Morgan fingerprint density at radius 3 is 2.64 bits per heavy atom. The average molecular weight is 250 g/mol. The van der Waals surface area contributed by atoms with Crippen molar-refractivity contribution in [3.8, 4) is 0 Å². The summed E-state index contributed by atoms with van der Waals surface area (Å²) in [5, 5.41) is 1.15. The topological polar surface area (TPSA) is 26.0 Å². The van der Waals surface area contributed by atoms with Crippen LogP contribution in [0.4, 0.5) is 0 Å². The third-order valence-corrected chi connectivity index (χ3v) is 3.62. The van der Waals surface area contributed by atoms with Gasteiger partial charge in [0.25, 0.3) is 0 Å². The molecule has 1 aromatic rings. The molecule has 0 aromatic heterocycles. The van der Waals surface area contributed by atoms with Crippen molar-refractivity contribution in [2.45, 2.75) is 13.0 Å². The minimum absolute atomic E-state index is 0.0368. The Labute approximate surface area is 99.0 Å². The maximum atomic E-state index is 5.98. The quantitative estimate of drug-likeness (QED) is 0.880.